The van der Waals surface area contributed by atoms with Gasteiger partial charge in [-0.25, -0.2) is 0 Å². The first-order valence-corrected chi connectivity index (χ1v) is 10.3. The Hall–Kier alpha value is -2.49. The van der Waals surface area contributed by atoms with Crippen molar-refractivity contribution in [3.63, 3.8) is 0 Å². The van der Waals surface area contributed by atoms with Gasteiger partial charge in [0.2, 0.25) is 0 Å². The highest BCUT2D eigenvalue weighted by Gasteiger charge is 2.17. The second-order valence-corrected chi connectivity index (χ2v) is 8.06. The number of rotatable bonds is 6. The van der Waals surface area contributed by atoms with Crippen molar-refractivity contribution < 1.29 is 9.53 Å². The number of hydrogen-bond acceptors (Lipinski definition) is 3. The number of carbonyl (C=O) groups excluding carboxylic acids is 1. The fraction of sp³-hybridized carbons (Fsp3) is 0.458. The Bertz CT molecular complexity index is 801. The molecule has 2 aromatic rings. The first kappa shape index (κ1) is 20.2. The lowest BCUT2D eigenvalue weighted by Gasteiger charge is -2.33. The molecule has 0 unspecified atom stereocenters. The maximum Gasteiger partial charge on any atom is 0.258 e. The van der Waals surface area contributed by atoms with Gasteiger partial charge in [-0.2, -0.15) is 0 Å². The smallest absolute Gasteiger partial charge is 0.258 e. The molecule has 1 aliphatic heterocycles. The second-order valence-electron chi connectivity index (χ2n) is 8.06. The number of carbonyl (C=O) groups is 1. The van der Waals surface area contributed by atoms with Crippen LogP contribution in [0.1, 0.15) is 49.4 Å². The number of nitrogens with one attached hydrogen (secondary N) is 1. The van der Waals surface area contributed by atoms with Gasteiger partial charge in [0.25, 0.3) is 5.91 Å². The molecule has 0 spiro atoms. The van der Waals surface area contributed by atoms with Gasteiger partial charge in [-0.05, 0) is 74.4 Å². The van der Waals surface area contributed by atoms with Crippen LogP contribution in [0.2, 0.25) is 0 Å². The normalized spacial score (nSPS) is 17.9. The lowest BCUT2D eigenvalue weighted by Crippen LogP contribution is -2.34. The molecular formula is C24H32N2O2. The molecule has 3 rings (SSSR count). The molecule has 2 aromatic carbocycles. The molecular weight excluding hydrogens is 348 g/mol. The molecule has 1 fully saturated rings. The van der Waals surface area contributed by atoms with Gasteiger partial charge in [0, 0.05) is 18.8 Å². The zero-order valence-corrected chi connectivity index (χ0v) is 17.5. The maximum absolute atomic E-state index is 12.3. The third-order valence-corrected chi connectivity index (χ3v) is 5.71. The highest BCUT2D eigenvalue weighted by Crippen LogP contribution is 2.25. The van der Waals surface area contributed by atoms with Crippen LogP contribution in [0.5, 0.6) is 5.75 Å². The summed E-state index contributed by atoms with van der Waals surface area (Å²) in [6.45, 7) is 10.7. The summed E-state index contributed by atoms with van der Waals surface area (Å²) in [5, 5.41) is 3.03. The van der Waals surface area contributed by atoms with Crippen molar-refractivity contribution in [2.75, 3.05) is 24.6 Å². The van der Waals surface area contributed by atoms with Crippen LogP contribution in [0.15, 0.2) is 42.5 Å². The summed E-state index contributed by atoms with van der Waals surface area (Å²) in [6.07, 6.45) is 2.58. The van der Waals surface area contributed by atoms with E-state index in [0.29, 0.717) is 0 Å². The van der Waals surface area contributed by atoms with Gasteiger partial charge in [0.05, 0.1) is 6.04 Å². The van der Waals surface area contributed by atoms with E-state index in [1.807, 2.05) is 39.0 Å². The van der Waals surface area contributed by atoms with E-state index in [9.17, 15) is 4.79 Å². The van der Waals surface area contributed by atoms with Crippen molar-refractivity contribution in [1.82, 2.24) is 5.32 Å². The molecule has 1 aliphatic rings. The quantitative estimate of drug-likeness (QED) is 0.783. The largest absolute Gasteiger partial charge is 0.483 e. The van der Waals surface area contributed by atoms with Crippen LogP contribution in [-0.4, -0.2) is 25.6 Å². The number of ether oxygens (including phenoxy) is 1. The van der Waals surface area contributed by atoms with Crippen molar-refractivity contribution in [2.24, 2.45) is 5.92 Å². The number of nitrogens with zero attached hydrogens (tertiary/aromatic N) is 1. The Morgan fingerprint density at radius 1 is 1.21 bits per heavy atom. The van der Waals surface area contributed by atoms with Crippen LogP contribution >= 0.6 is 0 Å². The number of hydrogen-bond donors (Lipinski definition) is 1. The minimum Gasteiger partial charge on any atom is -0.483 e. The van der Waals surface area contributed by atoms with E-state index in [0.717, 1.165) is 41.4 Å². The van der Waals surface area contributed by atoms with Crippen LogP contribution in [0.3, 0.4) is 0 Å². The molecule has 150 valence electrons. The van der Waals surface area contributed by atoms with Crippen LogP contribution in [-0.2, 0) is 4.79 Å². The first-order chi connectivity index (χ1) is 13.4. The molecule has 1 amide bonds. The molecule has 1 N–H and O–H groups in total. The Balaban J connectivity index is 1.53. The summed E-state index contributed by atoms with van der Waals surface area (Å²) in [5.41, 5.74) is 4.61. The predicted octanol–water partition coefficient (Wildman–Crippen LogP) is 4.80. The number of aryl methyl sites for hydroxylation is 1. The Labute approximate surface area is 168 Å². The van der Waals surface area contributed by atoms with E-state index in [-0.39, 0.29) is 18.6 Å². The third-order valence-electron chi connectivity index (χ3n) is 5.71. The van der Waals surface area contributed by atoms with Crippen LogP contribution in [0, 0.1) is 19.8 Å². The third kappa shape index (κ3) is 5.06. The van der Waals surface area contributed by atoms with Gasteiger partial charge >= 0.3 is 0 Å². The highest BCUT2D eigenvalue weighted by atomic mass is 16.5. The van der Waals surface area contributed by atoms with Gasteiger partial charge < -0.3 is 15.0 Å². The SMILES string of the molecule is Cc1cccc(OCC(=O)N[C@H](C)c2ccc(N3CCC[C@H](C)C3)cc2)c1C. The van der Waals surface area contributed by atoms with E-state index >= 15 is 0 Å². The predicted molar refractivity (Wildman–Crippen MR) is 115 cm³/mol. The highest BCUT2D eigenvalue weighted by molar-refractivity contribution is 5.78. The molecule has 4 heteroatoms. The summed E-state index contributed by atoms with van der Waals surface area (Å²) in [4.78, 5) is 14.8. The molecule has 0 saturated carbocycles. The second kappa shape index (κ2) is 9.13. The van der Waals surface area contributed by atoms with Crippen LogP contribution < -0.4 is 15.0 Å². The zero-order chi connectivity index (χ0) is 20.1. The van der Waals surface area contributed by atoms with Crippen molar-refractivity contribution in [2.45, 2.75) is 46.6 Å². The van der Waals surface area contributed by atoms with E-state index in [1.54, 1.807) is 0 Å². The standard InChI is InChI=1S/C24H32N2O2/c1-17-7-6-14-26(15-17)22-12-10-21(11-13-22)20(4)25-24(27)16-28-23-9-5-8-18(2)19(23)3/h5,8-13,17,20H,6-7,14-16H2,1-4H3,(H,25,27)/t17-,20+/m0/s1. The van der Waals surface area contributed by atoms with Gasteiger partial charge in [-0.1, -0.05) is 31.2 Å². The fourth-order valence-corrected chi connectivity index (χ4v) is 3.79. The molecule has 1 saturated heterocycles. The fourth-order valence-electron chi connectivity index (χ4n) is 3.79. The molecule has 0 radical (unpaired) electrons. The van der Waals surface area contributed by atoms with E-state index in [1.165, 1.54) is 18.5 Å². The molecule has 2 atom stereocenters. The lowest BCUT2D eigenvalue weighted by atomic mass is 9.99. The van der Waals surface area contributed by atoms with Gasteiger partial charge in [0.15, 0.2) is 6.61 Å². The lowest BCUT2D eigenvalue weighted by molar-refractivity contribution is -0.123. The maximum atomic E-state index is 12.3. The van der Waals surface area contributed by atoms with Gasteiger partial charge in [-0.3, -0.25) is 4.79 Å². The Morgan fingerprint density at radius 2 is 1.96 bits per heavy atom. The van der Waals surface area contributed by atoms with E-state index < -0.39 is 0 Å². The van der Waals surface area contributed by atoms with Crippen molar-refractivity contribution >= 4 is 11.6 Å². The van der Waals surface area contributed by atoms with Gasteiger partial charge in [-0.15, -0.1) is 0 Å². The summed E-state index contributed by atoms with van der Waals surface area (Å²) < 4.78 is 5.71. The summed E-state index contributed by atoms with van der Waals surface area (Å²) in [7, 11) is 0. The van der Waals surface area contributed by atoms with E-state index in [4.69, 9.17) is 4.74 Å². The van der Waals surface area contributed by atoms with Crippen LogP contribution in [0.4, 0.5) is 5.69 Å². The van der Waals surface area contributed by atoms with E-state index in [2.05, 4.69) is 41.4 Å². The van der Waals surface area contributed by atoms with Crippen LogP contribution in [0.25, 0.3) is 0 Å². The number of piperidine rings is 1. The topological polar surface area (TPSA) is 41.6 Å². The minimum absolute atomic E-state index is 0.0262. The summed E-state index contributed by atoms with van der Waals surface area (Å²) >= 11 is 0. The van der Waals surface area contributed by atoms with Gasteiger partial charge in [0.1, 0.15) is 5.75 Å². The molecule has 0 aromatic heterocycles. The summed E-state index contributed by atoms with van der Waals surface area (Å²) in [6, 6.07) is 14.4. The number of anilines is 1. The van der Waals surface area contributed by atoms with Crippen molar-refractivity contribution in [3.05, 3.63) is 59.2 Å². The molecule has 1 heterocycles. The first-order valence-electron chi connectivity index (χ1n) is 10.3. The number of amides is 1. The molecule has 0 aliphatic carbocycles. The zero-order valence-electron chi connectivity index (χ0n) is 17.5. The molecule has 28 heavy (non-hydrogen) atoms. The monoisotopic (exact) mass is 380 g/mol. The van der Waals surface area contributed by atoms with Crippen molar-refractivity contribution in [3.8, 4) is 5.75 Å². The van der Waals surface area contributed by atoms with Crippen molar-refractivity contribution in [1.29, 1.82) is 0 Å². The minimum atomic E-state index is -0.109. The molecule has 4 nitrogen and oxygen atoms in total. The molecule has 0 bridgehead atoms. The Kier molecular flexibility index (Phi) is 6.61. The Morgan fingerprint density at radius 3 is 2.68 bits per heavy atom. The number of benzene rings is 2. The average Bonchev–Trinajstić information content (AvgIpc) is 2.69. The average molecular weight is 381 g/mol. The summed E-state index contributed by atoms with van der Waals surface area (Å²) in [5.74, 6) is 1.41.